The Balaban J connectivity index is 1.57. The van der Waals surface area contributed by atoms with Crippen LogP contribution in [-0.2, 0) is 16.0 Å². The highest BCUT2D eigenvalue weighted by atomic mass is 16.5. The van der Waals surface area contributed by atoms with Crippen LogP contribution in [0.15, 0.2) is 30.3 Å². The number of ether oxygens (including phenoxy) is 1. The first-order valence-corrected chi connectivity index (χ1v) is 10.3. The lowest BCUT2D eigenvalue weighted by Crippen LogP contribution is -2.41. The molecule has 2 fully saturated rings. The monoisotopic (exact) mass is 358 g/mol. The van der Waals surface area contributed by atoms with Gasteiger partial charge in [-0.2, -0.15) is 0 Å². The van der Waals surface area contributed by atoms with E-state index in [4.69, 9.17) is 4.74 Å². The van der Waals surface area contributed by atoms with Crippen LogP contribution in [0.1, 0.15) is 37.7 Å². The van der Waals surface area contributed by atoms with Crippen molar-refractivity contribution in [1.82, 2.24) is 9.80 Å². The molecule has 1 aromatic carbocycles. The Morgan fingerprint density at radius 3 is 2.58 bits per heavy atom. The summed E-state index contributed by atoms with van der Waals surface area (Å²) in [5.74, 6) is 1.07. The largest absolute Gasteiger partial charge is 0.384 e. The molecule has 0 N–H and O–H groups in total. The molecule has 1 unspecified atom stereocenters. The third kappa shape index (κ3) is 5.55. The molecule has 26 heavy (non-hydrogen) atoms. The van der Waals surface area contributed by atoms with E-state index in [0.717, 1.165) is 58.6 Å². The van der Waals surface area contributed by atoms with Crippen LogP contribution in [0.4, 0.5) is 0 Å². The Kier molecular flexibility index (Phi) is 7.51. The van der Waals surface area contributed by atoms with Crippen LogP contribution in [0, 0.1) is 11.8 Å². The lowest BCUT2D eigenvalue weighted by Gasteiger charge is -2.29. The second-order valence-corrected chi connectivity index (χ2v) is 7.98. The molecule has 0 bridgehead atoms. The number of amides is 1. The molecule has 0 radical (unpaired) electrons. The standard InChI is InChI=1S/C22H34N2O2/c1-26-18-20-16-23(13-12-19-8-4-2-5-9-19)14-15-24(17-20)22(25)21-10-6-3-7-11-21/h2,4-5,8-9,20-21H,3,6-7,10-18H2,1H3. The fourth-order valence-electron chi connectivity index (χ4n) is 4.46. The van der Waals surface area contributed by atoms with Gasteiger partial charge in [0.1, 0.15) is 0 Å². The van der Waals surface area contributed by atoms with Gasteiger partial charge in [-0.15, -0.1) is 0 Å². The zero-order chi connectivity index (χ0) is 18.2. The van der Waals surface area contributed by atoms with Crippen molar-refractivity contribution >= 4 is 5.91 Å². The number of carbonyl (C=O) groups excluding carboxylic acids is 1. The van der Waals surface area contributed by atoms with E-state index in [1.165, 1.54) is 24.8 Å². The lowest BCUT2D eigenvalue weighted by molar-refractivity contribution is -0.137. The molecule has 1 saturated carbocycles. The van der Waals surface area contributed by atoms with Gasteiger partial charge in [0.05, 0.1) is 6.61 Å². The van der Waals surface area contributed by atoms with E-state index in [-0.39, 0.29) is 5.92 Å². The van der Waals surface area contributed by atoms with Crippen molar-refractivity contribution in [3.63, 3.8) is 0 Å². The molecule has 4 nitrogen and oxygen atoms in total. The summed E-state index contributed by atoms with van der Waals surface area (Å²) in [7, 11) is 1.77. The number of nitrogens with zero attached hydrogens (tertiary/aromatic N) is 2. The molecule has 1 saturated heterocycles. The zero-order valence-corrected chi connectivity index (χ0v) is 16.2. The maximum Gasteiger partial charge on any atom is 0.225 e. The van der Waals surface area contributed by atoms with Crippen molar-refractivity contribution in [1.29, 1.82) is 0 Å². The Bertz CT molecular complexity index is 542. The van der Waals surface area contributed by atoms with Crippen LogP contribution in [0.3, 0.4) is 0 Å². The molecule has 1 atom stereocenters. The summed E-state index contributed by atoms with van der Waals surface area (Å²) >= 11 is 0. The van der Waals surface area contributed by atoms with E-state index in [2.05, 4.69) is 40.1 Å². The normalized spacial score (nSPS) is 23.0. The van der Waals surface area contributed by atoms with E-state index >= 15 is 0 Å². The van der Waals surface area contributed by atoms with Crippen LogP contribution in [0.5, 0.6) is 0 Å². The minimum Gasteiger partial charge on any atom is -0.384 e. The summed E-state index contributed by atoms with van der Waals surface area (Å²) in [6.07, 6.45) is 6.97. The second-order valence-electron chi connectivity index (χ2n) is 7.98. The van der Waals surface area contributed by atoms with Gasteiger partial charge in [0.2, 0.25) is 5.91 Å². The van der Waals surface area contributed by atoms with Crippen molar-refractivity contribution in [2.24, 2.45) is 11.8 Å². The number of methoxy groups -OCH3 is 1. The van der Waals surface area contributed by atoms with Gasteiger partial charge < -0.3 is 14.5 Å². The smallest absolute Gasteiger partial charge is 0.225 e. The van der Waals surface area contributed by atoms with E-state index < -0.39 is 0 Å². The Hall–Kier alpha value is -1.39. The van der Waals surface area contributed by atoms with Gasteiger partial charge in [0.25, 0.3) is 0 Å². The number of carbonyl (C=O) groups is 1. The first-order chi connectivity index (χ1) is 12.8. The predicted molar refractivity (Wildman–Crippen MR) is 105 cm³/mol. The first kappa shape index (κ1) is 19.4. The first-order valence-electron chi connectivity index (χ1n) is 10.3. The molecule has 1 amide bonds. The van der Waals surface area contributed by atoms with Gasteiger partial charge in [0, 0.05) is 51.7 Å². The minimum absolute atomic E-state index is 0.266. The molecule has 2 aliphatic rings. The third-order valence-electron chi connectivity index (χ3n) is 5.91. The number of hydrogen-bond acceptors (Lipinski definition) is 3. The van der Waals surface area contributed by atoms with Crippen molar-refractivity contribution < 1.29 is 9.53 Å². The van der Waals surface area contributed by atoms with Crippen molar-refractivity contribution in [3.05, 3.63) is 35.9 Å². The number of rotatable bonds is 6. The van der Waals surface area contributed by atoms with Gasteiger partial charge >= 0.3 is 0 Å². The van der Waals surface area contributed by atoms with Crippen LogP contribution in [0.2, 0.25) is 0 Å². The molecule has 0 spiro atoms. The average molecular weight is 359 g/mol. The van der Waals surface area contributed by atoms with Crippen molar-refractivity contribution in [2.45, 2.75) is 38.5 Å². The summed E-state index contributed by atoms with van der Waals surface area (Å²) < 4.78 is 5.46. The highest BCUT2D eigenvalue weighted by Gasteiger charge is 2.30. The van der Waals surface area contributed by atoms with Gasteiger partial charge in [-0.25, -0.2) is 0 Å². The molecule has 144 valence electrons. The van der Waals surface area contributed by atoms with Gasteiger partial charge in [-0.3, -0.25) is 4.79 Å². The van der Waals surface area contributed by atoms with Crippen LogP contribution in [-0.4, -0.2) is 62.1 Å². The van der Waals surface area contributed by atoms with E-state index in [1.54, 1.807) is 7.11 Å². The summed E-state index contributed by atoms with van der Waals surface area (Å²) in [4.78, 5) is 17.7. The summed E-state index contributed by atoms with van der Waals surface area (Å²) in [6.45, 7) is 5.50. The topological polar surface area (TPSA) is 32.8 Å². The van der Waals surface area contributed by atoms with Crippen LogP contribution < -0.4 is 0 Å². The van der Waals surface area contributed by atoms with Crippen molar-refractivity contribution in [3.8, 4) is 0 Å². The maximum atomic E-state index is 13.0. The molecule has 1 aliphatic heterocycles. The third-order valence-corrected chi connectivity index (χ3v) is 5.91. The molecule has 3 rings (SSSR count). The Morgan fingerprint density at radius 1 is 1.08 bits per heavy atom. The van der Waals surface area contributed by atoms with E-state index in [1.807, 2.05) is 0 Å². The quantitative estimate of drug-likeness (QED) is 0.783. The predicted octanol–water partition coefficient (Wildman–Crippen LogP) is 3.22. The molecule has 1 aliphatic carbocycles. The summed E-state index contributed by atoms with van der Waals surface area (Å²) in [5, 5.41) is 0. The number of hydrogen-bond donors (Lipinski definition) is 0. The second kappa shape index (κ2) is 10.1. The highest BCUT2D eigenvalue weighted by Crippen LogP contribution is 2.26. The molecule has 4 heteroatoms. The Morgan fingerprint density at radius 2 is 1.85 bits per heavy atom. The lowest BCUT2D eigenvalue weighted by atomic mass is 9.88. The van der Waals surface area contributed by atoms with Gasteiger partial charge in [-0.05, 0) is 24.8 Å². The van der Waals surface area contributed by atoms with Crippen molar-refractivity contribution in [2.75, 3.05) is 46.4 Å². The molecular formula is C22H34N2O2. The average Bonchev–Trinajstić information content (AvgIpc) is 2.90. The minimum atomic E-state index is 0.266. The molecule has 1 aromatic rings. The van der Waals surface area contributed by atoms with Crippen LogP contribution >= 0.6 is 0 Å². The summed E-state index contributed by atoms with van der Waals surface area (Å²) in [6, 6.07) is 10.7. The van der Waals surface area contributed by atoms with Gasteiger partial charge in [0.15, 0.2) is 0 Å². The SMILES string of the molecule is COCC1CN(CCc2ccccc2)CCN(C(=O)C2CCCCC2)C1. The van der Waals surface area contributed by atoms with Crippen LogP contribution in [0.25, 0.3) is 0 Å². The zero-order valence-electron chi connectivity index (χ0n) is 16.2. The summed E-state index contributed by atoms with van der Waals surface area (Å²) in [5.41, 5.74) is 1.38. The maximum absolute atomic E-state index is 13.0. The van der Waals surface area contributed by atoms with E-state index in [0.29, 0.717) is 11.8 Å². The molecule has 1 heterocycles. The molecule has 0 aromatic heterocycles. The Labute approximate surface area is 158 Å². The van der Waals surface area contributed by atoms with Gasteiger partial charge in [-0.1, -0.05) is 49.6 Å². The highest BCUT2D eigenvalue weighted by molar-refractivity contribution is 5.79. The fraction of sp³-hybridized carbons (Fsp3) is 0.682. The molecular weight excluding hydrogens is 324 g/mol. The fourth-order valence-corrected chi connectivity index (χ4v) is 4.46. The van der Waals surface area contributed by atoms with E-state index in [9.17, 15) is 4.79 Å². The number of benzene rings is 1.